The van der Waals surface area contributed by atoms with Crippen LogP contribution in [0.3, 0.4) is 0 Å². The van der Waals surface area contributed by atoms with Crippen molar-refractivity contribution in [2.24, 2.45) is 0 Å². The Morgan fingerprint density at radius 1 is 1.08 bits per heavy atom. The predicted octanol–water partition coefficient (Wildman–Crippen LogP) is 3.03. The molecular formula is C19H30N2O3S. The summed E-state index contributed by atoms with van der Waals surface area (Å²) >= 11 is 0. The van der Waals surface area contributed by atoms with Gasteiger partial charge in [-0.05, 0) is 83.3 Å². The summed E-state index contributed by atoms with van der Waals surface area (Å²) in [7, 11) is -3.42. The first-order chi connectivity index (χ1) is 11.9. The highest BCUT2D eigenvalue weighted by atomic mass is 32.2. The van der Waals surface area contributed by atoms with E-state index in [4.69, 9.17) is 4.74 Å². The fraction of sp³-hybridized carbons (Fsp3) is 0.684. The first kappa shape index (κ1) is 18.7. The van der Waals surface area contributed by atoms with Crippen LogP contribution in [0.4, 0.5) is 0 Å². The lowest BCUT2D eigenvalue weighted by atomic mass is 10.1. The maximum absolute atomic E-state index is 13.0. The summed E-state index contributed by atoms with van der Waals surface area (Å²) in [5.41, 5.74) is 0.863. The zero-order valence-electron chi connectivity index (χ0n) is 15.6. The summed E-state index contributed by atoms with van der Waals surface area (Å²) in [4.78, 5) is 2.91. The molecule has 0 radical (unpaired) electrons. The Bertz CT molecular complexity index is 689. The van der Waals surface area contributed by atoms with Crippen molar-refractivity contribution in [3.05, 3.63) is 23.8 Å². The average molecular weight is 367 g/mol. The third kappa shape index (κ3) is 4.18. The molecule has 25 heavy (non-hydrogen) atoms. The predicted molar refractivity (Wildman–Crippen MR) is 99.5 cm³/mol. The number of aryl methyl sites for hydroxylation is 1. The van der Waals surface area contributed by atoms with Crippen molar-refractivity contribution in [2.75, 3.05) is 26.2 Å². The minimum Gasteiger partial charge on any atom is -0.491 e. The number of hydrogen-bond donors (Lipinski definition) is 0. The molecule has 0 aromatic heterocycles. The van der Waals surface area contributed by atoms with Crippen molar-refractivity contribution < 1.29 is 13.2 Å². The van der Waals surface area contributed by atoms with E-state index in [1.807, 2.05) is 20.8 Å². The molecule has 2 fully saturated rings. The highest BCUT2D eigenvalue weighted by Gasteiger charge is 2.32. The van der Waals surface area contributed by atoms with Gasteiger partial charge in [0.15, 0.2) is 0 Å². The van der Waals surface area contributed by atoms with Crippen molar-refractivity contribution in [3.8, 4) is 5.75 Å². The van der Waals surface area contributed by atoms with Gasteiger partial charge in [-0.25, -0.2) is 8.42 Å². The molecule has 0 saturated carbocycles. The van der Waals surface area contributed by atoms with Gasteiger partial charge < -0.3 is 9.64 Å². The van der Waals surface area contributed by atoms with Gasteiger partial charge in [0.05, 0.1) is 11.0 Å². The Kier molecular flexibility index (Phi) is 5.71. The molecule has 1 aromatic rings. The maximum atomic E-state index is 13.0. The molecule has 2 heterocycles. The molecule has 0 spiro atoms. The third-order valence-electron chi connectivity index (χ3n) is 5.23. The summed E-state index contributed by atoms with van der Waals surface area (Å²) in [5.74, 6) is 0.752. The summed E-state index contributed by atoms with van der Waals surface area (Å²) < 4.78 is 33.3. The standard InChI is InChI=1S/C19H30N2O3S/c1-15(2)24-19-7-6-18(14-16(19)3)25(22,23)21-12-8-17(9-13-21)20-10-4-5-11-20/h6-7,14-15,17H,4-5,8-13H2,1-3H3. The maximum Gasteiger partial charge on any atom is 0.243 e. The SMILES string of the molecule is Cc1cc(S(=O)(=O)N2CCC(N3CCCC3)CC2)ccc1OC(C)C. The number of benzene rings is 1. The minimum atomic E-state index is -3.42. The lowest BCUT2D eigenvalue weighted by Crippen LogP contribution is -2.45. The van der Waals surface area contributed by atoms with Gasteiger partial charge in [0.25, 0.3) is 0 Å². The molecule has 2 aliphatic heterocycles. The number of nitrogens with zero attached hydrogens (tertiary/aromatic N) is 2. The molecule has 6 heteroatoms. The molecule has 0 amide bonds. The van der Waals surface area contributed by atoms with E-state index in [-0.39, 0.29) is 6.10 Å². The molecule has 0 atom stereocenters. The molecule has 2 saturated heterocycles. The Morgan fingerprint density at radius 2 is 1.72 bits per heavy atom. The normalized spacial score (nSPS) is 21.1. The highest BCUT2D eigenvalue weighted by molar-refractivity contribution is 7.89. The molecule has 2 aliphatic rings. The fourth-order valence-corrected chi connectivity index (χ4v) is 5.43. The smallest absolute Gasteiger partial charge is 0.243 e. The van der Waals surface area contributed by atoms with Gasteiger partial charge in [-0.15, -0.1) is 0 Å². The number of likely N-dealkylation sites (tertiary alicyclic amines) is 1. The first-order valence-corrected chi connectivity index (χ1v) is 10.8. The Labute approximate surface area is 152 Å². The highest BCUT2D eigenvalue weighted by Crippen LogP contribution is 2.28. The van der Waals surface area contributed by atoms with E-state index in [9.17, 15) is 8.42 Å². The second-order valence-corrected chi connectivity index (χ2v) is 9.41. The fourth-order valence-electron chi connectivity index (χ4n) is 3.87. The largest absolute Gasteiger partial charge is 0.491 e. The van der Waals surface area contributed by atoms with Gasteiger partial charge in [0.2, 0.25) is 10.0 Å². The molecule has 0 aliphatic carbocycles. The molecule has 0 unspecified atom stereocenters. The molecule has 140 valence electrons. The van der Waals surface area contributed by atoms with Crippen molar-refractivity contribution in [3.63, 3.8) is 0 Å². The number of hydrogen-bond acceptors (Lipinski definition) is 4. The van der Waals surface area contributed by atoms with Crippen LogP contribution in [-0.2, 0) is 10.0 Å². The van der Waals surface area contributed by atoms with Crippen LogP contribution < -0.4 is 4.74 Å². The van der Waals surface area contributed by atoms with E-state index in [1.165, 1.54) is 25.9 Å². The summed E-state index contributed by atoms with van der Waals surface area (Å²) in [6.07, 6.45) is 4.51. The van der Waals surface area contributed by atoms with E-state index < -0.39 is 10.0 Å². The Morgan fingerprint density at radius 3 is 2.28 bits per heavy atom. The molecule has 5 nitrogen and oxygen atoms in total. The van der Waals surface area contributed by atoms with Crippen molar-refractivity contribution in [1.29, 1.82) is 0 Å². The van der Waals surface area contributed by atoms with Gasteiger partial charge >= 0.3 is 0 Å². The van der Waals surface area contributed by atoms with Gasteiger partial charge in [0.1, 0.15) is 5.75 Å². The van der Waals surface area contributed by atoms with Crippen LogP contribution in [0.25, 0.3) is 0 Å². The van der Waals surface area contributed by atoms with Crippen LogP contribution in [0.2, 0.25) is 0 Å². The van der Waals surface area contributed by atoms with Crippen molar-refractivity contribution in [1.82, 2.24) is 9.21 Å². The van der Waals surface area contributed by atoms with E-state index in [0.29, 0.717) is 24.0 Å². The summed E-state index contributed by atoms with van der Waals surface area (Å²) in [6, 6.07) is 5.74. The van der Waals surface area contributed by atoms with Crippen molar-refractivity contribution >= 4 is 10.0 Å². The van der Waals surface area contributed by atoms with Crippen LogP contribution in [0, 0.1) is 6.92 Å². The zero-order valence-corrected chi connectivity index (χ0v) is 16.4. The third-order valence-corrected chi connectivity index (χ3v) is 7.12. The minimum absolute atomic E-state index is 0.0748. The second-order valence-electron chi connectivity index (χ2n) is 7.47. The molecule has 0 bridgehead atoms. The number of ether oxygens (including phenoxy) is 1. The van der Waals surface area contributed by atoms with Crippen LogP contribution >= 0.6 is 0 Å². The number of sulfonamides is 1. The van der Waals surface area contributed by atoms with E-state index >= 15 is 0 Å². The van der Waals surface area contributed by atoms with Crippen LogP contribution in [0.5, 0.6) is 5.75 Å². The molecule has 0 N–H and O–H groups in total. The van der Waals surface area contributed by atoms with Gasteiger partial charge in [-0.1, -0.05) is 0 Å². The van der Waals surface area contributed by atoms with E-state index in [0.717, 1.165) is 24.2 Å². The summed E-state index contributed by atoms with van der Waals surface area (Å²) in [6.45, 7) is 9.42. The topological polar surface area (TPSA) is 49.9 Å². The number of rotatable bonds is 5. The van der Waals surface area contributed by atoms with Crippen molar-refractivity contribution in [2.45, 2.75) is 63.5 Å². The zero-order chi connectivity index (χ0) is 18.0. The molecule has 3 rings (SSSR count). The average Bonchev–Trinajstić information content (AvgIpc) is 3.11. The second kappa shape index (κ2) is 7.64. The van der Waals surface area contributed by atoms with Crippen LogP contribution in [0.1, 0.15) is 45.1 Å². The van der Waals surface area contributed by atoms with Crippen LogP contribution in [0.15, 0.2) is 23.1 Å². The van der Waals surface area contributed by atoms with E-state index in [2.05, 4.69) is 4.90 Å². The number of piperidine rings is 1. The van der Waals surface area contributed by atoms with Gasteiger partial charge in [-0.3, -0.25) is 0 Å². The first-order valence-electron chi connectivity index (χ1n) is 9.39. The lowest BCUT2D eigenvalue weighted by molar-refractivity contribution is 0.168. The van der Waals surface area contributed by atoms with Gasteiger partial charge in [0, 0.05) is 19.1 Å². The molecular weight excluding hydrogens is 336 g/mol. The van der Waals surface area contributed by atoms with Gasteiger partial charge in [-0.2, -0.15) is 4.31 Å². The molecule has 1 aromatic carbocycles. The van der Waals surface area contributed by atoms with Crippen LogP contribution in [-0.4, -0.2) is 55.9 Å². The quantitative estimate of drug-likeness (QED) is 0.804. The monoisotopic (exact) mass is 366 g/mol. The Hall–Kier alpha value is -1.11. The Balaban J connectivity index is 1.68. The van der Waals surface area contributed by atoms with E-state index in [1.54, 1.807) is 22.5 Å². The summed E-state index contributed by atoms with van der Waals surface area (Å²) in [5, 5.41) is 0. The lowest BCUT2D eigenvalue weighted by Gasteiger charge is -2.36.